The molecular weight excluding hydrogens is 354 g/mol. The van der Waals surface area contributed by atoms with Crippen molar-refractivity contribution in [3.05, 3.63) is 18.2 Å². The fourth-order valence-corrected chi connectivity index (χ4v) is 2.64. The second kappa shape index (κ2) is 7.32. The molecule has 0 aromatic heterocycles. The molecule has 2 aliphatic rings. The molecule has 1 fully saturated rings. The van der Waals surface area contributed by atoms with Crippen LogP contribution in [0.4, 0.5) is 5.69 Å². The topological polar surface area (TPSA) is 158 Å². The Morgan fingerprint density at radius 3 is 2.54 bits per heavy atom. The van der Waals surface area contributed by atoms with E-state index in [1.54, 1.807) is 0 Å². The number of nitrogens with zero attached hydrogens (tertiary/aromatic N) is 1. The van der Waals surface area contributed by atoms with E-state index >= 15 is 0 Å². The SMILES string of the molecule is COc1ccc2c(c1)OC(O)C(=O)N2OC1O[C@H](CO)[C@@H](O)[C@H](O)[C@H]1O. The molecule has 2 unspecified atom stereocenters. The number of rotatable bonds is 4. The summed E-state index contributed by atoms with van der Waals surface area (Å²) in [5.74, 6) is -0.529. The molecule has 144 valence electrons. The number of hydrogen-bond donors (Lipinski definition) is 5. The molecule has 11 heteroatoms. The van der Waals surface area contributed by atoms with Crippen molar-refractivity contribution in [2.75, 3.05) is 18.8 Å². The van der Waals surface area contributed by atoms with Crippen LogP contribution >= 0.6 is 0 Å². The van der Waals surface area contributed by atoms with Gasteiger partial charge in [0.05, 0.1) is 13.7 Å². The lowest BCUT2D eigenvalue weighted by molar-refractivity contribution is -0.304. The van der Waals surface area contributed by atoms with Gasteiger partial charge in [-0.3, -0.25) is 4.79 Å². The molecule has 6 atom stereocenters. The zero-order chi connectivity index (χ0) is 19.0. The number of hydroxylamine groups is 1. The minimum Gasteiger partial charge on any atom is -0.497 e. The summed E-state index contributed by atoms with van der Waals surface area (Å²) in [6, 6.07) is 4.34. The van der Waals surface area contributed by atoms with Gasteiger partial charge >= 0.3 is 5.91 Å². The number of anilines is 1. The number of aliphatic hydroxyl groups excluding tert-OH is 5. The second-order valence-electron chi connectivity index (χ2n) is 5.74. The van der Waals surface area contributed by atoms with Crippen molar-refractivity contribution in [2.45, 2.75) is 37.0 Å². The number of amides is 1. The highest BCUT2D eigenvalue weighted by molar-refractivity contribution is 5.97. The van der Waals surface area contributed by atoms with Gasteiger partial charge in [-0.05, 0) is 12.1 Å². The number of benzene rings is 1. The third-order valence-electron chi connectivity index (χ3n) is 4.09. The van der Waals surface area contributed by atoms with E-state index in [4.69, 9.17) is 19.0 Å². The van der Waals surface area contributed by atoms with Gasteiger partial charge in [-0.25, -0.2) is 4.84 Å². The maximum absolute atomic E-state index is 12.2. The lowest BCUT2D eigenvalue weighted by Crippen LogP contribution is -2.61. The first-order chi connectivity index (χ1) is 12.4. The minimum absolute atomic E-state index is 0.0704. The molecule has 26 heavy (non-hydrogen) atoms. The molecule has 0 spiro atoms. The monoisotopic (exact) mass is 373 g/mol. The van der Waals surface area contributed by atoms with Crippen LogP contribution in [0.15, 0.2) is 18.2 Å². The molecule has 0 bridgehead atoms. The summed E-state index contributed by atoms with van der Waals surface area (Å²) in [6.07, 6.45) is -9.66. The quantitative estimate of drug-likeness (QED) is 0.381. The molecule has 0 radical (unpaired) electrons. The van der Waals surface area contributed by atoms with Crippen LogP contribution in [-0.4, -0.2) is 82.2 Å². The highest BCUT2D eigenvalue weighted by Crippen LogP contribution is 2.38. The van der Waals surface area contributed by atoms with E-state index in [0.29, 0.717) is 10.8 Å². The van der Waals surface area contributed by atoms with Gasteiger partial charge in [-0.1, -0.05) is 0 Å². The Morgan fingerprint density at radius 1 is 1.15 bits per heavy atom. The van der Waals surface area contributed by atoms with Gasteiger partial charge < -0.3 is 39.7 Å². The fourth-order valence-electron chi connectivity index (χ4n) is 2.64. The largest absolute Gasteiger partial charge is 0.497 e. The van der Waals surface area contributed by atoms with Crippen LogP contribution in [0.5, 0.6) is 11.5 Å². The Kier molecular flexibility index (Phi) is 5.29. The summed E-state index contributed by atoms with van der Waals surface area (Å²) in [4.78, 5) is 17.5. The molecule has 5 N–H and O–H groups in total. The summed E-state index contributed by atoms with van der Waals surface area (Å²) in [5, 5.41) is 49.3. The van der Waals surface area contributed by atoms with E-state index in [2.05, 4.69) is 0 Å². The minimum atomic E-state index is -1.88. The van der Waals surface area contributed by atoms with Gasteiger partial charge in [0.1, 0.15) is 35.9 Å². The molecular formula is C15H19NO10. The molecule has 0 saturated carbocycles. The normalized spacial score (nSPS) is 34.2. The van der Waals surface area contributed by atoms with Crippen LogP contribution in [0, 0.1) is 0 Å². The third-order valence-corrected chi connectivity index (χ3v) is 4.09. The second-order valence-corrected chi connectivity index (χ2v) is 5.74. The number of ether oxygens (including phenoxy) is 3. The Bertz CT molecular complexity index is 668. The van der Waals surface area contributed by atoms with E-state index in [0.717, 1.165) is 0 Å². The van der Waals surface area contributed by atoms with Crippen molar-refractivity contribution >= 4 is 11.6 Å². The zero-order valence-electron chi connectivity index (χ0n) is 13.6. The maximum Gasteiger partial charge on any atom is 0.320 e. The summed E-state index contributed by atoms with van der Waals surface area (Å²) < 4.78 is 15.3. The summed E-state index contributed by atoms with van der Waals surface area (Å²) >= 11 is 0. The van der Waals surface area contributed by atoms with Crippen molar-refractivity contribution in [3.8, 4) is 11.5 Å². The van der Waals surface area contributed by atoms with Crippen molar-refractivity contribution in [1.82, 2.24) is 0 Å². The molecule has 1 aromatic carbocycles. The van der Waals surface area contributed by atoms with E-state index in [9.17, 15) is 30.3 Å². The van der Waals surface area contributed by atoms with Crippen LogP contribution in [-0.2, 0) is 14.4 Å². The summed E-state index contributed by atoms with van der Waals surface area (Å²) in [6.45, 7) is -0.654. The van der Waals surface area contributed by atoms with Crippen molar-refractivity contribution in [1.29, 1.82) is 0 Å². The molecule has 1 saturated heterocycles. The van der Waals surface area contributed by atoms with Gasteiger partial charge in [0.2, 0.25) is 6.29 Å². The zero-order valence-corrected chi connectivity index (χ0v) is 13.6. The average molecular weight is 373 g/mol. The Balaban J connectivity index is 1.88. The fraction of sp³-hybridized carbons (Fsp3) is 0.533. The number of carbonyl (C=O) groups excluding carboxylic acids is 1. The smallest absolute Gasteiger partial charge is 0.320 e. The van der Waals surface area contributed by atoms with Gasteiger partial charge in [0.15, 0.2) is 5.75 Å². The predicted molar refractivity (Wildman–Crippen MR) is 82.0 cm³/mol. The predicted octanol–water partition coefficient (Wildman–Crippen LogP) is -2.53. The molecule has 2 aliphatic heterocycles. The van der Waals surface area contributed by atoms with E-state index in [-0.39, 0.29) is 11.4 Å². The number of fused-ring (bicyclic) bond motifs is 1. The molecule has 11 nitrogen and oxygen atoms in total. The van der Waals surface area contributed by atoms with Gasteiger partial charge in [-0.2, -0.15) is 5.06 Å². The molecule has 1 amide bonds. The van der Waals surface area contributed by atoms with E-state index in [1.165, 1.54) is 25.3 Å². The molecule has 3 rings (SSSR count). The van der Waals surface area contributed by atoms with E-state index in [1.807, 2.05) is 0 Å². The van der Waals surface area contributed by atoms with E-state index < -0.39 is 49.5 Å². The van der Waals surface area contributed by atoms with Crippen molar-refractivity contribution in [2.24, 2.45) is 0 Å². The lowest BCUT2D eigenvalue weighted by atomic mass is 9.99. The van der Waals surface area contributed by atoms with Crippen LogP contribution in [0.2, 0.25) is 0 Å². The van der Waals surface area contributed by atoms with Crippen LogP contribution < -0.4 is 14.5 Å². The number of carbonyl (C=O) groups is 1. The first-order valence-corrected chi connectivity index (χ1v) is 7.71. The van der Waals surface area contributed by atoms with Gasteiger partial charge in [0.25, 0.3) is 6.29 Å². The van der Waals surface area contributed by atoms with Gasteiger partial charge in [0, 0.05) is 6.07 Å². The van der Waals surface area contributed by atoms with Crippen LogP contribution in [0.25, 0.3) is 0 Å². The Morgan fingerprint density at radius 2 is 1.88 bits per heavy atom. The van der Waals surface area contributed by atoms with Crippen LogP contribution in [0.3, 0.4) is 0 Å². The average Bonchev–Trinajstić information content (AvgIpc) is 2.64. The number of methoxy groups -OCH3 is 1. The number of aliphatic hydroxyl groups is 5. The first-order valence-electron chi connectivity index (χ1n) is 7.71. The van der Waals surface area contributed by atoms with Crippen molar-refractivity contribution in [3.63, 3.8) is 0 Å². The molecule has 2 heterocycles. The Labute approximate surface area is 147 Å². The lowest BCUT2D eigenvalue weighted by Gasteiger charge is -2.41. The number of hydrogen-bond acceptors (Lipinski definition) is 10. The third kappa shape index (κ3) is 3.21. The summed E-state index contributed by atoms with van der Waals surface area (Å²) in [5.41, 5.74) is 0.0954. The van der Waals surface area contributed by atoms with Crippen LogP contribution in [0.1, 0.15) is 0 Å². The maximum atomic E-state index is 12.2. The first kappa shape index (κ1) is 18.8. The highest BCUT2D eigenvalue weighted by atomic mass is 16.8. The standard InChI is InChI=1S/C15H19NO10/c1-23-6-2-3-7-8(4-6)24-14(22)13(21)16(7)26-15-12(20)11(19)10(18)9(5-17)25-15/h2-4,9-12,14-15,17-20,22H,5H2,1H3/t9-,10-,11+,12-,14?,15?/m1/s1. The summed E-state index contributed by atoms with van der Waals surface area (Å²) in [7, 11) is 1.42. The Hall–Kier alpha value is -1.99. The highest BCUT2D eigenvalue weighted by Gasteiger charge is 2.47. The van der Waals surface area contributed by atoms with Gasteiger partial charge in [-0.15, -0.1) is 0 Å². The van der Waals surface area contributed by atoms with Crippen molar-refractivity contribution < 1.29 is 49.4 Å². The molecule has 0 aliphatic carbocycles. The molecule has 1 aromatic rings.